The molecule has 1 atom stereocenters. The fraction of sp³-hybridized carbons (Fsp3) is 0.370. The van der Waals surface area contributed by atoms with Gasteiger partial charge in [-0.1, -0.05) is 18.2 Å². The minimum absolute atomic E-state index is 0.0683. The van der Waals surface area contributed by atoms with Crippen molar-refractivity contribution in [3.8, 4) is 0 Å². The lowest BCUT2D eigenvalue weighted by molar-refractivity contribution is -0.136. The molecule has 5 amide bonds. The van der Waals surface area contributed by atoms with Gasteiger partial charge in [-0.3, -0.25) is 34.2 Å². The predicted molar refractivity (Wildman–Crippen MR) is 133 cm³/mol. The number of piperidine rings is 1. The average molecular weight is 491 g/mol. The Morgan fingerprint density at radius 3 is 2.47 bits per heavy atom. The normalized spacial score (nSPS) is 17.2. The maximum absolute atomic E-state index is 13.1. The molecule has 3 N–H and O–H groups in total. The molecule has 0 radical (unpaired) electrons. The van der Waals surface area contributed by atoms with Crippen LogP contribution in [0, 0.1) is 20.8 Å². The Morgan fingerprint density at radius 1 is 1.06 bits per heavy atom. The first-order valence-electron chi connectivity index (χ1n) is 12.1. The number of hydrogen-bond acceptors (Lipinski definition) is 6. The van der Waals surface area contributed by atoms with E-state index in [2.05, 4.69) is 48.9 Å². The zero-order chi connectivity index (χ0) is 26.0. The van der Waals surface area contributed by atoms with Crippen LogP contribution in [0.3, 0.4) is 0 Å². The lowest BCUT2D eigenvalue weighted by Crippen LogP contribution is -2.54. The molecular weight excluding hydrogens is 460 g/mol. The lowest BCUT2D eigenvalue weighted by Gasteiger charge is -2.27. The Hall–Kier alpha value is -4.01. The Bertz CT molecular complexity index is 1250. The molecule has 9 heteroatoms. The van der Waals surface area contributed by atoms with Gasteiger partial charge in [-0.25, -0.2) is 0 Å². The summed E-state index contributed by atoms with van der Waals surface area (Å²) in [5.74, 6) is -2.23. The quantitative estimate of drug-likeness (QED) is 0.386. The second kappa shape index (κ2) is 10.3. The second-order valence-electron chi connectivity index (χ2n) is 9.34. The number of nitrogens with zero attached hydrogens (tertiary/aromatic N) is 1. The van der Waals surface area contributed by atoms with E-state index in [1.54, 1.807) is 18.2 Å². The molecule has 9 nitrogen and oxygen atoms in total. The van der Waals surface area contributed by atoms with Crippen LogP contribution in [-0.2, 0) is 20.9 Å². The average Bonchev–Trinajstić information content (AvgIpc) is 3.09. The lowest BCUT2D eigenvalue weighted by atomic mass is 10.0. The van der Waals surface area contributed by atoms with Crippen LogP contribution in [0.25, 0.3) is 0 Å². The molecule has 1 fully saturated rings. The van der Waals surface area contributed by atoms with Crippen LogP contribution in [0.4, 0.5) is 5.69 Å². The van der Waals surface area contributed by atoms with Crippen molar-refractivity contribution in [2.45, 2.75) is 59.0 Å². The first-order valence-corrected chi connectivity index (χ1v) is 12.1. The van der Waals surface area contributed by atoms with Gasteiger partial charge in [0.2, 0.25) is 17.7 Å². The molecule has 2 heterocycles. The van der Waals surface area contributed by atoms with Crippen LogP contribution < -0.4 is 16.0 Å². The second-order valence-corrected chi connectivity index (χ2v) is 9.34. The van der Waals surface area contributed by atoms with Gasteiger partial charge in [-0.05, 0) is 68.0 Å². The van der Waals surface area contributed by atoms with Gasteiger partial charge in [0.05, 0.1) is 11.1 Å². The smallest absolute Gasteiger partial charge is 0.264 e. The van der Waals surface area contributed by atoms with Crippen molar-refractivity contribution < 1.29 is 24.0 Å². The van der Waals surface area contributed by atoms with Crippen LogP contribution in [0.1, 0.15) is 68.7 Å². The van der Waals surface area contributed by atoms with Gasteiger partial charge < -0.3 is 10.6 Å². The molecule has 2 aromatic rings. The minimum Gasteiger partial charge on any atom is -0.384 e. The summed E-state index contributed by atoms with van der Waals surface area (Å²) >= 11 is 0. The third kappa shape index (κ3) is 5.00. The predicted octanol–water partition coefficient (Wildman–Crippen LogP) is 2.52. The molecule has 0 bridgehead atoms. The molecule has 0 aliphatic carbocycles. The summed E-state index contributed by atoms with van der Waals surface area (Å²) in [7, 11) is 0. The molecule has 0 saturated carbocycles. The largest absolute Gasteiger partial charge is 0.384 e. The Kier molecular flexibility index (Phi) is 7.19. The van der Waals surface area contributed by atoms with Crippen molar-refractivity contribution >= 4 is 35.2 Å². The monoisotopic (exact) mass is 490 g/mol. The molecule has 36 heavy (non-hydrogen) atoms. The highest BCUT2D eigenvalue weighted by Crippen LogP contribution is 2.32. The van der Waals surface area contributed by atoms with Crippen molar-refractivity contribution in [3.05, 3.63) is 63.7 Å². The van der Waals surface area contributed by atoms with Gasteiger partial charge in [0.1, 0.15) is 6.04 Å². The maximum atomic E-state index is 13.1. The summed E-state index contributed by atoms with van der Waals surface area (Å²) in [6, 6.07) is 8.06. The van der Waals surface area contributed by atoms with Crippen molar-refractivity contribution in [2.75, 3.05) is 11.9 Å². The molecule has 0 spiro atoms. The van der Waals surface area contributed by atoms with Gasteiger partial charge in [0.25, 0.3) is 11.8 Å². The van der Waals surface area contributed by atoms with Crippen molar-refractivity contribution in [2.24, 2.45) is 0 Å². The SMILES string of the molecule is Cc1cc(CNC(=O)CCCNc2cccc3c2C(=O)N(C2CCC(=O)NC2=O)C3=O)cc(C)c1C. The van der Waals surface area contributed by atoms with E-state index in [9.17, 15) is 24.0 Å². The Balaban J connectivity index is 1.32. The van der Waals surface area contributed by atoms with Gasteiger partial charge in [0.15, 0.2) is 0 Å². The van der Waals surface area contributed by atoms with Crippen molar-refractivity contribution in [3.63, 3.8) is 0 Å². The summed E-state index contributed by atoms with van der Waals surface area (Å²) in [6.45, 7) is 7.09. The Labute approximate surface area is 209 Å². The first kappa shape index (κ1) is 25.1. The molecule has 188 valence electrons. The van der Waals surface area contributed by atoms with Gasteiger partial charge in [-0.15, -0.1) is 0 Å². The number of benzene rings is 2. The summed E-state index contributed by atoms with van der Waals surface area (Å²) in [5, 5.41) is 8.29. The number of rotatable bonds is 8. The number of aryl methyl sites for hydroxylation is 2. The van der Waals surface area contributed by atoms with Gasteiger partial charge in [0, 0.05) is 31.6 Å². The highest BCUT2D eigenvalue weighted by atomic mass is 16.2. The number of carbonyl (C=O) groups excluding carboxylic acids is 5. The van der Waals surface area contributed by atoms with Gasteiger partial charge in [-0.2, -0.15) is 0 Å². The fourth-order valence-electron chi connectivity index (χ4n) is 4.65. The van der Waals surface area contributed by atoms with Crippen LogP contribution in [-0.4, -0.2) is 47.0 Å². The summed E-state index contributed by atoms with van der Waals surface area (Å²) < 4.78 is 0. The molecule has 2 aliphatic heterocycles. The molecular formula is C27H30N4O5. The molecule has 1 unspecified atom stereocenters. The zero-order valence-electron chi connectivity index (χ0n) is 20.7. The van der Waals surface area contributed by atoms with Crippen molar-refractivity contribution in [1.82, 2.24) is 15.5 Å². The third-order valence-corrected chi connectivity index (χ3v) is 6.84. The summed E-state index contributed by atoms with van der Waals surface area (Å²) in [6.07, 6.45) is 1.01. The van der Waals surface area contributed by atoms with E-state index in [1.165, 1.54) is 16.7 Å². The van der Waals surface area contributed by atoms with E-state index in [1.807, 2.05) is 0 Å². The number of amides is 5. The summed E-state index contributed by atoms with van der Waals surface area (Å²) in [4.78, 5) is 63.0. The molecule has 4 rings (SSSR count). The standard InChI is InChI=1S/C27H30N4O5/c1-15-12-18(13-16(2)17(15)3)14-29-22(32)8-5-11-28-20-7-4-6-19-24(20)27(36)31(26(19)35)21-9-10-23(33)30-25(21)34/h4,6-7,12-13,21,28H,5,8-11,14H2,1-3H3,(H,29,32)(H,30,33,34). The van der Waals surface area contributed by atoms with E-state index in [4.69, 9.17) is 0 Å². The number of imide groups is 2. The topological polar surface area (TPSA) is 125 Å². The number of nitrogens with one attached hydrogen (secondary N) is 3. The highest BCUT2D eigenvalue weighted by molar-refractivity contribution is 6.25. The van der Waals surface area contributed by atoms with E-state index in [0.717, 1.165) is 10.5 Å². The van der Waals surface area contributed by atoms with Crippen LogP contribution in [0.2, 0.25) is 0 Å². The number of anilines is 1. The minimum atomic E-state index is -1.01. The Morgan fingerprint density at radius 2 is 1.78 bits per heavy atom. The van der Waals surface area contributed by atoms with Crippen LogP contribution in [0.15, 0.2) is 30.3 Å². The van der Waals surface area contributed by atoms with Crippen LogP contribution in [0.5, 0.6) is 0 Å². The van der Waals surface area contributed by atoms with E-state index < -0.39 is 29.7 Å². The van der Waals surface area contributed by atoms with E-state index >= 15 is 0 Å². The highest BCUT2D eigenvalue weighted by Gasteiger charge is 2.45. The molecule has 0 aromatic heterocycles. The maximum Gasteiger partial charge on any atom is 0.264 e. The summed E-state index contributed by atoms with van der Waals surface area (Å²) in [5.41, 5.74) is 5.62. The molecule has 1 saturated heterocycles. The number of carbonyl (C=O) groups is 5. The zero-order valence-corrected chi connectivity index (χ0v) is 20.7. The van der Waals surface area contributed by atoms with Gasteiger partial charge >= 0.3 is 0 Å². The van der Waals surface area contributed by atoms with Crippen LogP contribution >= 0.6 is 0 Å². The van der Waals surface area contributed by atoms with Crippen molar-refractivity contribution in [1.29, 1.82) is 0 Å². The first-order chi connectivity index (χ1) is 17.2. The third-order valence-electron chi connectivity index (χ3n) is 6.84. The molecule has 2 aliphatic rings. The number of fused-ring (bicyclic) bond motifs is 1. The fourth-order valence-corrected chi connectivity index (χ4v) is 4.65. The molecule has 2 aromatic carbocycles. The van der Waals surface area contributed by atoms with E-state index in [-0.39, 0.29) is 29.9 Å². The number of hydrogen-bond donors (Lipinski definition) is 3. The van der Waals surface area contributed by atoms with E-state index in [0.29, 0.717) is 31.6 Å².